The fourth-order valence-corrected chi connectivity index (χ4v) is 4.04. The zero-order valence-corrected chi connectivity index (χ0v) is 13.3. The molecule has 0 amide bonds. The van der Waals surface area contributed by atoms with Gasteiger partial charge in [0.1, 0.15) is 12.5 Å². The monoisotopic (exact) mass is 309 g/mol. The zero-order chi connectivity index (χ0) is 15.6. The Hall–Kier alpha value is -1.84. The summed E-state index contributed by atoms with van der Waals surface area (Å²) in [5.74, 6) is 0.316. The molecule has 2 aromatic carbocycles. The Morgan fingerprint density at radius 3 is 2.57 bits per heavy atom. The van der Waals surface area contributed by atoms with Gasteiger partial charge in [0.15, 0.2) is 0 Å². The van der Waals surface area contributed by atoms with Gasteiger partial charge in [-0.25, -0.2) is 0 Å². The molecule has 0 spiro atoms. The Morgan fingerprint density at radius 1 is 1.00 bits per heavy atom. The van der Waals surface area contributed by atoms with Gasteiger partial charge in [-0.3, -0.25) is 4.90 Å². The van der Waals surface area contributed by atoms with E-state index in [9.17, 15) is 5.11 Å². The Morgan fingerprint density at radius 2 is 1.78 bits per heavy atom. The number of aryl methyl sites for hydroxylation is 1. The summed E-state index contributed by atoms with van der Waals surface area (Å²) in [5, 5.41) is 9.46. The molecular weight excluding hydrogens is 286 g/mol. The topological polar surface area (TPSA) is 32.7 Å². The molecule has 0 radical (unpaired) electrons. The van der Waals surface area contributed by atoms with Crippen LogP contribution in [-0.4, -0.2) is 28.8 Å². The third-order valence-electron chi connectivity index (χ3n) is 5.27. The van der Waals surface area contributed by atoms with E-state index in [0.29, 0.717) is 17.8 Å². The van der Waals surface area contributed by atoms with Crippen molar-refractivity contribution in [3.63, 3.8) is 0 Å². The van der Waals surface area contributed by atoms with Crippen LogP contribution in [0.5, 0.6) is 5.75 Å². The number of phenolic OH excluding ortho intramolecular Hbond substituents is 1. The van der Waals surface area contributed by atoms with Crippen LogP contribution in [-0.2, 0) is 11.2 Å². The van der Waals surface area contributed by atoms with Crippen molar-refractivity contribution in [3.05, 3.63) is 65.7 Å². The number of aromatic hydroxyl groups is 1. The van der Waals surface area contributed by atoms with Crippen LogP contribution in [0.1, 0.15) is 36.5 Å². The second-order valence-corrected chi connectivity index (χ2v) is 6.64. The van der Waals surface area contributed by atoms with Crippen molar-refractivity contribution in [2.24, 2.45) is 0 Å². The van der Waals surface area contributed by atoms with E-state index >= 15 is 0 Å². The molecule has 2 aromatic rings. The predicted octanol–water partition coefficient (Wildman–Crippen LogP) is 3.89. The van der Waals surface area contributed by atoms with Gasteiger partial charge in [-0.05, 0) is 48.9 Å². The smallest absolute Gasteiger partial charge is 0.115 e. The molecule has 3 nitrogen and oxygen atoms in total. The third kappa shape index (κ3) is 2.99. The van der Waals surface area contributed by atoms with Crippen LogP contribution in [0.2, 0.25) is 0 Å². The molecule has 3 heteroatoms. The highest BCUT2D eigenvalue weighted by Gasteiger charge is 2.43. The normalized spacial score (nSPS) is 27.2. The Bertz CT molecular complexity index is 640. The van der Waals surface area contributed by atoms with E-state index in [2.05, 4.69) is 35.2 Å². The Labute approximate surface area is 137 Å². The summed E-state index contributed by atoms with van der Waals surface area (Å²) in [6, 6.07) is 19.3. The molecule has 2 saturated heterocycles. The first-order chi connectivity index (χ1) is 11.3. The van der Waals surface area contributed by atoms with Crippen LogP contribution in [0.4, 0.5) is 0 Å². The number of rotatable bonds is 4. The minimum Gasteiger partial charge on any atom is -0.508 e. The van der Waals surface area contributed by atoms with Gasteiger partial charge in [0.25, 0.3) is 0 Å². The summed E-state index contributed by atoms with van der Waals surface area (Å²) in [6.45, 7) is 0.732. The van der Waals surface area contributed by atoms with E-state index in [-0.39, 0.29) is 6.10 Å². The third-order valence-corrected chi connectivity index (χ3v) is 5.27. The Kier molecular flexibility index (Phi) is 4.06. The molecule has 0 aromatic heterocycles. The number of phenols is 1. The second-order valence-electron chi connectivity index (χ2n) is 6.64. The lowest BCUT2D eigenvalue weighted by Gasteiger charge is -2.23. The quantitative estimate of drug-likeness (QED) is 0.930. The molecule has 3 atom stereocenters. The fourth-order valence-electron chi connectivity index (χ4n) is 4.04. The molecule has 0 aliphatic carbocycles. The van der Waals surface area contributed by atoms with Gasteiger partial charge in [-0.2, -0.15) is 0 Å². The summed E-state index contributed by atoms with van der Waals surface area (Å²) in [5.41, 5.74) is 2.60. The first kappa shape index (κ1) is 14.7. The molecule has 0 saturated carbocycles. The van der Waals surface area contributed by atoms with E-state index in [1.807, 2.05) is 12.1 Å². The summed E-state index contributed by atoms with van der Waals surface area (Å²) in [4.78, 5) is 2.54. The van der Waals surface area contributed by atoms with Crippen molar-refractivity contribution in [2.45, 2.75) is 43.9 Å². The number of fused-ring (bicyclic) bond motifs is 1. The highest BCUT2D eigenvalue weighted by atomic mass is 16.5. The fraction of sp³-hybridized carbons (Fsp3) is 0.400. The van der Waals surface area contributed by atoms with Gasteiger partial charge < -0.3 is 9.84 Å². The maximum absolute atomic E-state index is 9.46. The molecular formula is C20H23NO2. The van der Waals surface area contributed by atoms with Gasteiger partial charge in [0.2, 0.25) is 0 Å². The summed E-state index contributed by atoms with van der Waals surface area (Å²) >= 11 is 0. The average Bonchev–Trinajstić information content (AvgIpc) is 3.17. The first-order valence-electron chi connectivity index (χ1n) is 8.51. The van der Waals surface area contributed by atoms with Crippen molar-refractivity contribution in [2.75, 3.05) is 6.73 Å². The summed E-state index contributed by atoms with van der Waals surface area (Å²) in [7, 11) is 0. The molecule has 2 aliphatic rings. The molecule has 120 valence electrons. The minimum absolute atomic E-state index is 0.150. The standard InChI is InChI=1S/C20H23NO2/c22-18-11-7-16(8-12-18)20-19-13-10-17(21(19)14-23-20)9-6-15-4-2-1-3-5-15/h1-5,7-8,11-12,17,19-20,22H,6,9-10,13-14H2. The maximum atomic E-state index is 9.46. The number of benzene rings is 2. The van der Waals surface area contributed by atoms with Gasteiger partial charge in [0, 0.05) is 12.1 Å². The van der Waals surface area contributed by atoms with Crippen molar-refractivity contribution in [3.8, 4) is 5.75 Å². The molecule has 23 heavy (non-hydrogen) atoms. The van der Waals surface area contributed by atoms with E-state index < -0.39 is 0 Å². The minimum atomic E-state index is 0.150. The number of hydrogen-bond acceptors (Lipinski definition) is 3. The zero-order valence-electron chi connectivity index (χ0n) is 13.3. The number of ether oxygens (including phenoxy) is 1. The lowest BCUT2D eigenvalue weighted by atomic mass is 10.0. The van der Waals surface area contributed by atoms with Crippen LogP contribution in [0.3, 0.4) is 0 Å². The lowest BCUT2D eigenvalue weighted by molar-refractivity contribution is 0.0734. The van der Waals surface area contributed by atoms with E-state index in [1.165, 1.54) is 30.4 Å². The second kappa shape index (κ2) is 6.34. The lowest BCUT2D eigenvalue weighted by Crippen LogP contribution is -2.33. The van der Waals surface area contributed by atoms with Gasteiger partial charge in [0.05, 0.1) is 6.10 Å². The molecule has 3 unspecified atom stereocenters. The van der Waals surface area contributed by atoms with Crippen LogP contribution < -0.4 is 0 Å². The van der Waals surface area contributed by atoms with Gasteiger partial charge in [-0.1, -0.05) is 42.5 Å². The van der Waals surface area contributed by atoms with Crippen molar-refractivity contribution < 1.29 is 9.84 Å². The van der Waals surface area contributed by atoms with Crippen LogP contribution in [0, 0.1) is 0 Å². The molecule has 4 rings (SSSR count). The highest BCUT2D eigenvalue weighted by molar-refractivity contribution is 5.29. The van der Waals surface area contributed by atoms with Gasteiger partial charge in [-0.15, -0.1) is 0 Å². The van der Waals surface area contributed by atoms with Crippen molar-refractivity contribution in [1.82, 2.24) is 4.90 Å². The van der Waals surface area contributed by atoms with Crippen molar-refractivity contribution in [1.29, 1.82) is 0 Å². The summed E-state index contributed by atoms with van der Waals surface area (Å²) < 4.78 is 6.07. The molecule has 2 heterocycles. The van der Waals surface area contributed by atoms with Gasteiger partial charge >= 0.3 is 0 Å². The average molecular weight is 309 g/mol. The largest absolute Gasteiger partial charge is 0.508 e. The predicted molar refractivity (Wildman–Crippen MR) is 90.2 cm³/mol. The van der Waals surface area contributed by atoms with E-state index in [1.54, 1.807) is 12.1 Å². The van der Waals surface area contributed by atoms with E-state index in [4.69, 9.17) is 4.74 Å². The molecule has 0 bridgehead atoms. The SMILES string of the molecule is Oc1ccc(C2OCN3C(CCc4ccccc4)CCC23)cc1. The first-order valence-corrected chi connectivity index (χ1v) is 8.51. The molecule has 2 aliphatic heterocycles. The number of hydrogen-bond donors (Lipinski definition) is 1. The van der Waals surface area contributed by atoms with Crippen LogP contribution >= 0.6 is 0 Å². The molecule has 1 N–H and O–H groups in total. The van der Waals surface area contributed by atoms with Crippen LogP contribution in [0.15, 0.2) is 54.6 Å². The maximum Gasteiger partial charge on any atom is 0.115 e. The highest BCUT2D eigenvalue weighted by Crippen LogP contribution is 2.41. The number of nitrogens with zero attached hydrogens (tertiary/aromatic N) is 1. The van der Waals surface area contributed by atoms with E-state index in [0.717, 1.165) is 13.2 Å². The molecule has 2 fully saturated rings. The van der Waals surface area contributed by atoms with Crippen LogP contribution in [0.25, 0.3) is 0 Å². The summed E-state index contributed by atoms with van der Waals surface area (Å²) in [6.07, 6.45) is 4.95. The van der Waals surface area contributed by atoms with Crippen molar-refractivity contribution >= 4 is 0 Å². The Balaban J connectivity index is 1.40.